The molecule has 0 aromatic carbocycles. The number of nitrogens with zero attached hydrogens (tertiary/aromatic N) is 2. The normalized spacial score (nSPS) is 30.6. The first kappa shape index (κ1) is 17.0. The summed E-state index contributed by atoms with van der Waals surface area (Å²) in [5, 5.41) is 2.68. The van der Waals surface area contributed by atoms with Crippen LogP contribution < -0.4 is 5.32 Å². The molecule has 3 atom stereocenters. The zero-order valence-electron chi connectivity index (χ0n) is 12.3. The van der Waals surface area contributed by atoms with Crippen molar-refractivity contribution in [3.8, 4) is 0 Å². The zero-order valence-corrected chi connectivity index (χ0v) is 14.6. The van der Waals surface area contributed by atoms with Crippen LogP contribution in [0.15, 0.2) is 16.2 Å². The molecule has 2 rings (SSSR count). The number of ether oxygens (including phenoxy) is 1. The number of hydrogen-bond donors (Lipinski definition) is 1. The van der Waals surface area contributed by atoms with Gasteiger partial charge in [-0.3, -0.25) is 0 Å². The van der Waals surface area contributed by atoms with Crippen LogP contribution in [-0.4, -0.2) is 53.5 Å². The predicted molar refractivity (Wildman–Crippen MR) is 73.3 cm³/mol. The Balaban J connectivity index is 2.15. The molecule has 2 fully saturated rings. The van der Waals surface area contributed by atoms with E-state index in [0.29, 0.717) is 19.4 Å². The van der Waals surface area contributed by atoms with Crippen LogP contribution in [0.1, 0.15) is 26.2 Å². The number of piperazine rings is 1. The van der Waals surface area contributed by atoms with Crippen LogP contribution in [0.3, 0.4) is 0 Å². The molecule has 0 spiro atoms. The van der Waals surface area contributed by atoms with E-state index in [1.807, 2.05) is 26.6 Å². The van der Waals surface area contributed by atoms with Crippen LogP contribution in [0, 0.1) is 0 Å². The minimum atomic E-state index is -0.863. The van der Waals surface area contributed by atoms with Gasteiger partial charge in [0.2, 0.25) is 0 Å². The van der Waals surface area contributed by atoms with Gasteiger partial charge in [0.05, 0.1) is 0 Å². The Morgan fingerprint density at radius 2 is 2.36 bits per heavy atom. The summed E-state index contributed by atoms with van der Waals surface area (Å²) < 4.78 is 9.08. The van der Waals surface area contributed by atoms with Crippen molar-refractivity contribution in [1.82, 2.24) is 10.2 Å². The van der Waals surface area contributed by atoms with Gasteiger partial charge in [-0.05, 0) is 0 Å². The molecule has 2 aliphatic heterocycles. The molecule has 1 N–H and O–H groups in total. The first-order valence-corrected chi connectivity index (χ1v) is 8.17. The van der Waals surface area contributed by atoms with Gasteiger partial charge in [-0.25, -0.2) is 0 Å². The van der Waals surface area contributed by atoms with Crippen molar-refractivity contribution in [3.05, 3.63) is 12.7 Å². The third-order valence-corrected chi connectivity index (χ3v) is 5.04. The molecule has 0 saturated carbocycles. The van der Waals surface area contributed by atoms with E-state index in [1.165, 1.54) is 6.08 Å². The van der Waals surface area contributed by atoms with Gasteiger partial charge in [-0.1, -0.05) is 0 Å². The first-order chi connectivity index (χ1) is 10.5. The third kappa shape index (κ3) is 2.91. The summed E-state index contributed by atoms with van der Waals surface area (Å²) in [5.41, 5.74) is -0.835. The molecule has 2 heterocycles. The Morgan fingerprint density at radius 3 is 2.95 bits per heavy atom. The van der Waals surface area contributed by atoms with Crippen LogP contribution >= 0.6 is 0 Å². The summed E-state index contributed by atoms with van der Waals surface area (Å²) in [4.78, 5) is 38.4. The maximum absolute atomic E-state index is 12.6. The number of carbonyl (C=O) groups excluding carboxylic acids is 3. The van der Waals surface area contributed by atoms with Crippen molar-refractivity contribution < 1.29 is 38.8 Å². The summed E-state index contributed by atoms with van der Waals surface area (Å²) in [6.07, 6.45) is 2.34. The molecule has 0 bridgehead atoms. The fourth-order valence-corrected chi connectivity index (χ4v) is 3.47. The zero-order chi connectivity index (χ0) is 16.3. The van der Waals surface area contributed by atoms with Crippen molar-refractivity contribution in [2.45, 2.75) is 43.8 Å². The van der Waals surface area contributed by atoms with Gasteiger partial charge in [-0.2, -0.15) is 0 Å². The predicted octanol–water partition coefficient (Wildman–Crippen LogP) is 0.0842. The second-order valence-electron chi connectivity index (χ2n) is 5.48. The molecule has 0 aromatic heterocycles. The summed E-state index contributed by atoms with van der Waals surface area (Å²) >= 11 is 1.90. The fourth-order valence-electron chi connectivity index (χ4n) is 3.07. The molecule has 22 heavy (non-hydrogen) atoms. The van der Waals surface area contributed by atoms with E-state index >= 15 is 0 Å². The number of hydrogen-bond acceptors (Lipinski definition) is 5. The van der Waals surface area contributed by atoms with E-state index < -0.39 is 17.6 Å². The molecular weight excluding hydrogens is 469 g/mol. The summed E-state index contributed by atoms with van der Waals surface area (Å²) in [5.74, 6) is -0.976. The Hall–Kier alpha value is -1.36. The van der Waals surface area contributed by atoms with Gasteiger partial charge in [-0.15, -0.1) is 0 Å². The van der Waals surface area contributed by atoms with Gasteiger partial charge < -0.3 is 0 Å². The molecule has 8 heteroatoms. The first-order valence-electron chi connectivity index (χ1n) is 7.15. The van der Waals surface area contributed by atoms with E-state index in [4.69, 9.17) is 4.74 Å². The molecule has 0 aromatic rings. The monoisotopic (exact) mass is 488 g/mol. The molecule has 2 aliphatic rings. The summed E-state index contributed by atoms with van der Waals surface area (Å²) in [7, 11) is 0. The van der Waals surface area contributed by atoms with Gasteiger partial charge in [0.25, 0.3) is 0 Å². The van der Waals surface area contributed by atoms with Crippen LogP contribution in [-0.2, 0) is 38.8 Å². The Kier molecular flexibility index (Phi) is 5.27. The molecule has 0 radical (unpaired) electrons. The molecule has 7 nitrogen and oxygen atoms in total. The SMILES string of the molecule is C=CCOC(=O)CC1NC(=O)C2(CC)CC([N]=[Pt])CN2C1=O. The van der Waals surface area contributed by atoms with Gasteiger partial charge in [0, 0.05) is 0 Å². The van der Waals surface area contributed by atoms with Crippen LogP contribution in [0.5, 0.6) is 0 Å². The number of carbonyl (C=O) groups is 3. The molecule has 2 amide bonds. The van der Waals surface area contributed by atoms with Crippen molar-refractivity contribution >= 4 is 17.8 Å². The fraction of sp³-hybridized carbons (Fsp3) is 0.643. The number of esters is 1. The standard InChI is InChI=1S/C14H19N3O4.Pt/c1-3-5-21-11(18)6-10-12(19)17-8-9(15)7-14(17,4-2)13(20)16-10;/h3,9-10H,1,4-8H2,2H3,(H,16,20);. The van der Waals surface area contributed by atoms with Crippen LogP contribution in [0.2, 0.25) is 0 Å². The Labute approximate surface area is 140 Å². The van der Waals surface area contributed by atoms with Crippen LogP contribution in [0.25, 0.3) is 0 Å². The van der Waals surface area contributed by atoms with Crippen LogP contribution in [0.4, 0.5) is 0 Å². The van der Waals surface area contributed by atoms with Crippen molar-refractivity contribution in [3.63, 3.8) is 0 Å². The quantitative estimate of drug-likeness (QED) is 0.424. The molecule has 2 saturated heterocycles. The Morgan fingerprint density at radius 1 is 1.64 bits per heavy atom. The summed E-state index contributed by atoms with van der Waals surface area (Å²) in [6, 6.07) is -0.916. The van der Waals surface area contributed by atoms with Crippen molar-refractivity contribution in [2.75, 3.05) is 13.2 Å². The molecule has 0 aliphatic carbocycles. The van der Waals surface area contributed by atoms with E-state index in [2.05, 4.69) is 15.4 Å². The van der Waals surface area contributed by atoms with E-state index in [0.717, 1.165) is 0 Å². The Bertz CT molecular complexity index is 524. The van der Waals surface area contributed by atoms with Gasteiger partial charge in [0.1, 0.15) is 0 Å². The van der Waals surface area contributed by atoms with E-state index in [1.54, 1.807) is 4.90 Å². The average molecular weight is 488 g/mol. The maximum atomic E-state index is 12.6. The van der Waals surface area contributed by atoms with Crippen molar-refractivity contribution in [2.24, 2.45) is 3.50 Å². The number of fused-ring (bicyclic) bond motifs is 1. The number of rotatable bonds is 6. The number of amides is 2. The average Bonchev–Trinajstić information content (AvgIpc) is 2.91. The van der Waals surface area contributed by atoms with Gasteiger partial charge in [0.15, 0.2) is 0 Å². The van der Waals surface area contributed by atoms with E-state index in [-0.39, 0.29) is 30.9 Å². The minimum absolute atomic E-state index is 0.0530. The number of nitrogens with one attached hydrogen (secondary N) is 1. The van der Waals surface area contributed by atoms with Crippen molar-refractivity contribution in [1.29, 1.82) is 0 Å². The molecule has 3 unspecified atom stereocenters. The second kappa shape index (κ2) is 6.82. The second-order valence-corrected chi connectivity index (χ2v) is 6.06. The topological polar surface area (TPSA) is 88.1 Å². The molecular formula is C14H19N3O4Pt. The third-order valence-electron chi connectivity index (χ3n) is 4.21. The summed E-state index contributed by atoms with van der Waals surface area (Å²) in [6.45, 7) is 5.85. The molecule has 124 valence electrons. The van der Waals surface area contributed by atoms with Gasteiger partial charge >= 0.3 is 140 Å². The van der Waals surface area contributed by atoms with E-state index in [9.17, 15) is 14.4 Å².